The molecule has 4 nitrogen and oxygen atoms in total. The lowest BCUT2D eigenvalue weighted by molar-refractivity contribution is -0.196. The van der Waals surface area contributed by atoms with E-state index in [1.54, 1.807) is 0 Å². The number of benzene rings is 1. The molecule has 1 aromatic rings. The quantitative estimate of drug-likeness (QED) is 0.552. The maximum atomic E-state index is 12.7. The minimum absolute atomic E-state index is 0.136. The Morgan fingerprint density at radius 1 is 0.767 bits per heavy atom. The average molecular weight is 421 g/mol. The first-order valence-electron chi connectivity index (χ1n) is 11.5. The van der Waals surface area contributed by atoms with Gasteiger partial charge in [0, 0.05) is 0 Å². The van der Waals surface area contributed by atoms with Crippen molar-refractivity contribution in [2.45, 2.75) is 97.0 Å². The van der Waals surface area contributed by atoms with Crippen LogP contribution in [0.1, 0.15) is 95.9 Å². The maximum absolute atomic E-state index is 12.7. The van der Waals surface area contributed by atoms with Crippen LogP contribution in [-0.2, 0) is 16.4 Å². The molecule has 0 amide bonds. The van der Waals surface area contributed by atoms with Crippen molar-refractivity contribution in [2.75, 3.05) is 19.8 Å². The molecular formula is C26H44O4. The van der Waals surface area contributed by atoms with Gasteiger partial charge in [0.25, 0.3) is 0 Å². The lowest BCUT2D eigenvalue weighted by atomic mass is 9.56. The topological polar surface area (TPSA) is 80.9 Å². The molecule has 0 radical (unpaired) electrons. The normalized spacial score (nSPS) is 19.0. The van der Waals surface area contributed by atoms with Crippen molar-refractivity contribution in [2.24, 2.45) is 11.3 Å². The van der Waals surface area contributed by atoms with Crippen LogP contribution in [0.4, 0.5) is 0 Å². The molecule has 1 atom stereocenters. The SMILES string of the molecule is Cc1cc(C(C)(C)C)c(C(O)(C2CCCCC2)C(CO)(CO)CO)c(C(C)(C)C)c1. The van der Waals surface area contributed by atoms with E-state index in [1.807, 2.05) is 0 Å². The zero-order chi connectivity index (χ0) is 23.0. The highest BCUT2D eigenvalue weighted by atomic mass is 16.3. The van der Waals surface area contributed by atoms with Gasteiger partial charge in [-0.1, -0.05) is 78.5 Å². The highest BCUT2D eigenvalue weighted by molar-refractivity contribution is 5.50. The standard InChI is InChI=1S/C26H44O4/c1-18-13-20(23(2,3)4)22(21(14-18)24(5,6)7)26(30,19-11-9-8-10-12-19)25(15-27,16-28)17-29/h13-14,19,27-30H,8-12,15-17H2,1-7H3. The highest BCUT2D eigenvalue weighted by Gasteiger charge is 2.57. The predicted molar refractivity (Wildman–Crippen MR) is 123 cm³/mol. The van der Waals surface area contributed by atoms with E-state index in [1.165, 1.54) is 0 Å². The molecule has 0 aliphatic heterocycles. The van der Waals surface area contributed by atoms with Crippen LogP contribution in [-0.4, -0.2) is 40.2 Å². The van der Waals surface area contributed by atoms with Crippen LogP contribution in [0, 0.1) is 18.3 Å². The monoisotopic (exact) mass is 420 g/mol. The molecular weight excluding hydrogens is 376 g/mol. The Bertz CT molecular complexity index is 672. The Hall–Kier alpha value is -0.940. The van der Waals surface area contributed by atoms with Gasteiger partial charge in [-0.2, -0.15) is 0 Å². The van der Waals surface area contributed by atoms with Gasteiger partial charge in [0.05, 0.1) is 25.2 Å². The lowest BCUT2D eigenvalue weighted by Gasteiger charge is -2.53. The van der Waals surface area contributed by atoms with Crippen LogP contribution in [0.3, 0.4) is 0 Å². The van der Waals surface area contributed by atoms with Crippen LogP contribution in [0.25, 0.3) is 0 Å². The summed E-state index contributed by atoms with van der Waals surface area (Å²) in [7, 11) is 0. The minimum atomic E-state index is -1.54. The Balaban J connectivity index is 3.03. The van der Waals surface area contributed by atoms with E-state index >= 15 is 0 Å². The number of aryl methyl sites for hydroxylation is 1. The molecule has 1 fully saturated rings. The van der Waals surface area contributed by atoms with Gasteiger partial charge >= 0.3 is 0 Å². The first-order chi connectivity index (χ1) is 13.8. The fourth-order valence-corrected chi connectivity index (χ4v) is 5.31. The van der Waals surface area contributed by atoms with Crippen LogP contribution < -0.4 is 0 Å². The average Bonchev–Trinajstić information content (AvgIpc) is 2.68. The highest BCUT2D eigenvalue weighted by Crippen LogP contribution is 2.54. The molecule has 1 aliphatic carbocycles. The molecule has 0 heterocycles. The molecule has 2 rings (SSSR count). The molecule has 4 heteroatoms. The van der Waals surface area contributed by atoms with Crippen molar-refractivity contribution in [1.29, 1.82) is 0 Å². The fraction of sp³-hybridized carbons (Fsp3) is 0.769. The number of aliphatic hydroxyl groups excluding tert-OH is 3. The molecule has 172 valence electrons. The summed E-state index contributed by atoms with van der Waals surface area (Å²) in [5, 5.41) is 44.1. The van der Waals surface area contributed by atoms with Gasteiger partial charge in [0.15, 0.2) is 0 Å². The van der Waals surface area contributed by atoms with Crippen molar-refractivity contribution in [3.63, 3.8) is 0 Å². The Morgan fingerprint density at radius 3 is 1.50 bits per heavy atom. The Morgan fingerprint density at radius 2 is 1.17 bits per heavy atom. The molecule has 1 unspecified atom stereocenters. The third-order valence-electron chi connectivity index (χ3n) is 7.19. The molecule has 1 aromatic carbocycles. The summed E-state index contributed by atoms with van der Waals surface area (Å²) in [6, 6.07) is 4.27. The van der Waals surface area contributed by atoms with Crippen LogP contribution >= 0.6 is 0 Å². The summed E-state index contributed by atoms with van der Waals surface area (Å²) in [5.41, 5.74) is 0.515. The maximum Gasteiger partial charge on any atom is 0.105 e. The van der Waals surface area contributed by atoms with Gasteiger partial charge in [-0.15, -0.1) is 0 Å². The second-order valence-electron chi connectivity index (χ2n) is 11.6. The van der Waals surface area contributed by atoms with Crippen LogP contribution in [0.5, 0.6) is 0 Å². The molecule has 30 heavy (non-hydrogen) atoms. The van der Waals surface area contributed by atoms with Crippen molar-refractivity contribution < 1.29 is 20.4 Å². The van der Waals surface area contributed by atoms with Gasteiger partial charge < -0.3 is 20.4 Å². The summed E-state index contributed by atoms with van der Waals surface area (Å²) in [6.45, 7) is 13.5. The summed E-state index contributed by atoms with van der Waals surface area (Å²) >= 11 is 0. The van der Waals surface area contributed by atoms with Gasteiger partial charge in [0.2, 0.25) is 0 Å². The van der Waals surface area contributed by atoms with Crippen molar-refractivity contribution in [3.8, 4) is 0 Å². The van der Waals surface area contributed by atoms with Crippen LogP contribution in [0.15, 0.2) is 12.1 Å². The zero-order valence-corrected chi connectivity index (χ0v) is 20.2. The van der Waals surface area contributed by atoms with E-state index in [-0.39, 0.29) is 16.7 Å². The van der Waals surface area contributed by atoms with E-state index < -0.39 is 30.8 Å². The van der Waals surface area contributed by atoms with E-state index in [2.05, 4.69) is 60.6 Å². The molecule has 0 spiro atoms. The van der Waals surface area contributed by atoms with E-state index in [0.717, 1.165) is 54.4 Å². The van der Waals surface area contributed by atoms with Crippen molar-refractivity contribution in [3.05, 3.63) is 34.4 Å². The van der Waals surface area contributed by atoms with E-state index in [4.69, 9.17) is 0 Å². The number of aliphatic hydroxyl groups is 4. The second kappa shape index (κ2) is 8.90. The summed E-state index contributed by atoms with van der Waals surface area (Å²) < 4.78 is 0. The second-order valence-corrected chi connectivity index (χ2v) is 11.6. The Kier molecular flexibility index (Phi) is 7.51. The van der Waals surface area contributed by atoms with Gasteiger partial charge in [-0.3, -0.25) is 0 Å². The molecule has 1 aliphatic rings. The van der Waals surface area contributed by atoms with Crippen LogP contribution in [0.2, 0.25) is 0 Å². The number of rotatable bonds is 6. The number of hydrogen-bond acceptors (Lipinski definition) is 4. The third kappa shape index (κ3) is 4.34. The molecule has 0 bridgehead atoms. The van der Waals surface area contributed by atoms with Crippen molar-refractivity contribution in [1.82, 2.24) is 0 Å². The van der Waals surface area contributed by atoms with Gasteiger partial charge in [-0.05, 0) is 53.2 Å². The number of hydrogen-bond donors (Lipinski definition) is 4. The summed E-state index contributed by atoms with van der Waals surface area (Å²) in [6.07, 6.45) is 4.78. The largest absolute Gasteiger partial charge is 0.395 e. The summed E-state index contributed by atoms with van der Waals surface area (Å²) in [4.78, 5) is 0. The van der Waals surface area contributed by atoms with Gasteiger partial charge in [0.1, 0.15) is 5.60 Å². The molecule has 1 saturated carbocycles. The molecule has 0 aromatic heterocycles. The van der Waals surface area contributed by atoms with Crippen molar-refractivity contribution >= 4 is 0 Å². The summed E-state index contributed by atoms with van der Waals surface area (Å²) in [5.74, 6) is -0.136. The third-order valence-corrected chi connectivity index (χ3v) is 7.19. The zero-order valence-electron chi connectivity index (χ0n) is 20.2. The molecule has 0 saturated heterocycles. The lowest BCUT2D eigenvalue weighted by Crippen LogP contribution is -2.59. The predicted octanol–water partition coefficient (Wildman–Crippen LogP) is 4.32. The first-order valence-corrected chi connectivity index (χ1v) is 11.5. The first kappa shape index (κ1) is 25.3. The fourth-order valence-electron chi connectivity index (χ4n) is 5.31. The Labute approximate surface area is 183 Å². The van der Waals surface area contributed by atoms with E-state index in [0.29, 0.717) is 0 Å². The van der Waals surface area contributed by atoms with E-state index in [9.17, 15) is 20.4 Å². The smallest absolute Gasteiger partial charge is 0.105 e. The van der Waals surface area contributed by atoms with Gasteiger partial charge in [-0.25, -0.2) is 0 Å². The molecule has 4 N–H and O–H groups in total. The minimum Gasteiger partial charge on any atom is -0.395 e.